The fourth-order valence-corrected chi connectivity index (χ4v) is 2.94. The number of rotatable bonds is 2. The van der Waals surface area contributed by atoms with Crippen LogP contribution in [0.2, 0.25) is 0 Å². The number of benzene rings is 1. The molecule has 2 N–H and O–H groups in total. The van der Waals surface area contributed by atoms with Crippen molar-refractivity contribution >= 4 is 17.3 Å². The van der Waals surface area contributed by atoms with E-state index in [1.165, 1.54) is 23.3 Å². The minimum Gasteiger partial charge on any atom is -0.497 e. The summed E-state index contributed by atoms with van der Waals surface area (Å²) in [7, 11) is 1.69. The molecule has 1 atom stereocenters. The standard InChI is InChI=1S/C14H16N2OS/c1-17-10-7-5-9(6-8-10)13-11-3-2-4-12(11)15-14(18)16-13/h5-8,13H,2-4H2,1H3,(H2,15,16,18). The molecule has 1 aromatic carbocycles. The van der Waals surface area contributed by atoms with Gasteiger partial charge in [-0.15, -0.1) is 0 Å². The Hall–Kier alpha value is -1.55. The van der Waals surface area contributed by atoms with E-state index in [0.29, 0.717) is 0 Å². The lowest BCUT2D eigenvalue weighted by atomic mass is 9.96. The molecule has 0 saturated carbocycles. The Morgan fingerprint density at radius 1 is 1.22 bits per heavy atom. The van der Waals surface area contributed by atoms with Crippen molar-refractivity contribution in [3.63, 3.8) is 0 Å². The first-order valence-corrected chi connectivity index (χ1v) is 6.62. The van der Waals surface area contributed by atoms with Gasteiger partial charge in [-0.1, -0.05) is 12.1 Å². The first-order valence-electron chi connectivity index (χ1n) is 6.21. The van der Waals surface area contributed by atoms with Gasteiger partial charge in [0.25, 0.3) is 0 Å². The van der Waals surface area contributed by atoms with E-state index in [1.54, 1.807) is 7.11 Å². The summed E-state index contributed by atoms with van der Waals surface area (Å²) in [5, 5.41) is 7.37. The van der Waals surface area contributed by atoms with Crippen molar-refractivity contribution in [2.24, 2.45) is 0 Å². The molecule has 94 valence electrons. The lowest BCUT2D eigenvalue weighted by Crippen LogP contribution is -2.42. The summed E-state index contributed by atoms with van der Waals surface area (Å²) in [5.74, 6) is 0.885. The third-order valence-electron chi connectivity index (χ3n) is 3.60. The largest absolute Gasteiger partial charge is 0.497 e. The van der Waals surface area contributed by atoms with E-state index in [9.17, 15) is 0 Å². The highest BCUT2D eigenvalue weighted by Crippen LogP contribution is 2.36. The van der Waals surface area contributed by atoms with E-state index in [-0.39, 0.29) is 6.04 Å². The van der Waals surface area contributed by atoms with Crippen LogP contribution in [0.4, 0.5) is 0 Å². The second-order valence-electron chi connectivity index (χ2n) is 4.66. The van der Waals surface area contributed by atoms with E-state index in [1.807, 2.05) is 12.1 Å². The molecule has 0 radical (unpaired) electrons. The maximum Gasteiger partial charge on any atom is 0.171 e. The summed E-state index contributed by atoms with van der Waals surface area (Å²) in [5.41, 5.74) is 4.02. The Morgan fingerprint density at radius 3 is 2.72 bits per heavy atom. The zero-order chi connectivity index (χ0) is 12.5. The second-order valence-corrected chi connectivity index (χ2v) is 5.07. The summed E-state index contributed by atoms with van der Waals surface area (Å²) in [6.07, 6.45) is 3.48. The average molecular weight is 260 g/mol. The van der Waals surface area contributed by atoms with E-state index in [4.69, 9.17) is 17.0 Å². The van der Waals surface area contributed by atoms with Gasteiger partial charge in [0.15, 0.2) is 5.11 Å². The van der Waals surface area contributed by atoms with E-state index < -0.39 is 0 Å². The Kier molecular flexibility index (Phi) is 2.96. The molecule has 3 nitrogen and oxygen atoms in total. The summed E-state index contributed by atoms with van der Waals surface area (Å²) >= 11 is 5.27. The fourth-order valence-electron chi connectivity index (χ4n) is 2.70. The third-order valence-corrected chi connectivity index (χ3v) is 3.82. The molecule has 2 aliphatic rings. The summed E-state index contributed by atoms with van der Waals surface area (Å²) in [4.78, 5) is 0. The van der Waals surface area contributed by atoms with Crippen molar-refractivity contribution in [3.8, 4) is 5.75 Å². The number of thiocarbonyl (C=S) groups is 1. The number of allylic oxidation sites excluding steroid dienone is 1. The van der Waals surface area contributed by atoms with Crippen LogP contribution in [0.5, 0.6) is 5.75 Å². The molecule has 1 aromatic rings. The van der Waals surface area contributed by atoms with Crippen LogP contribution in [-0.4, -0.2) is 12.2 Å². The Labute approximate surface area is 112 Å². The van der Waals surface area contributed by atoms with E-state index in [0.717, 1.165) is 23.7 Å². The molecule has 0 saturated heterocycles. The molecule has 0 fully saturated rings. The molecule has 0 spiro atoms. The minimum atomic E-state index is 0.224. The fraction of sp³-hybridized carbons (Fsp3) is 0.357. The topological polar surface area (TPSA) is 33.3 Å². The SMILES string of the molecule is COc1ccc(C2NC(=S)NC3=C2CCC3)cc1. The van der Waals surface area contributed by atoms with Crippen LogP contribution < -0.4 is 15.4 Å². The first kappa shape index (κ1) is 11.5. The summed E-state index contributed by atoms with van der Waals surface area (Å²) in [6.45, 7) is 0. The normalized spacial score (nSPS) is 22.3. The Morgan fingerprint density at radius 2 is 2.00 bits per heavy atom. The Balaban J connectivity index is 1.94. The quantitative estimate of drug-likeness (QED) is 0.801. The molecule has 1 aliphatic carbocycles. The van der Waals surface area contributed by atoms with Gasteiger partial charge in [-0.25, -0.2) is 0 Å². The molecule has 4 heteroatoms. The predicted molar refractivity (Wildman–Crippen MR) is 75.5 cm³/mol. The molecule has 1 unspecified atom stereocenters. The zero-order valence-electron chi connectivity index (χ0n) is 10.3. The number of hydrogen-bond donors (Lipinski definition) is 2. The third kappa shape index (κ3) is 1.97. The van der Waals surface area contributed by atoms with Crippen LogP contribution >= 0.6 is 12.2 Å². The van der Waals surface area contributed by atoms with Crippen molar-refractivity contribution in [2.45, 2.75) is 25.3 Å². The van der Waals surface area contributed by atoms with Crippen LogP contribution in [0.15, 0.2) is 35.5 Å². The minimum absolute atomic E-state index is 0.224. The summed E-state index contributed by atoms with van der Waals surface area (Å²) < 4.78 is 5.19. The van der Waals surface area contributed by atoms with Gasteiger partial charge in [0.05, 0.1) is 13.2 Å². The molecule has 0 bridgehead atoms. The van der Waals surface area contributed by atoms with Crippen molar-refractivity contribution in [1.29, 1.82) is 0 Å². The maximum atomic E-state index is 5.27. The van der Waals surface area contributed by atoms with Crippen LogP contribution in [-0.2, 0) is 0 Å². The molecule has 0 amide bonds. The van der Waals surface area contributed by atoms with E-state index in [2.05, 4.69) is 22.8 Å². The van der Waals surface area contributed by atoms with Gasteiger partial charge < -0.3 is 15.4 Å². The second kappa shape index (κ2) is 4.61. The highest BCUT2D eigenvalue weighted by atomic mass is 32.1. The zero-order valence-corrected chi connectivity index (χ0v) is 11.1. The van der Waals surface area contributed by atoms with Gasteiger partial charge in [-0.2, -0.15) is 0 Å². The van der Waals surface area contributed by atoms with Crippen LogP contribution in [0, 0.1) is 0 Å². The van der Waals surface area contributed by atoms with Gasteiger partial charge in [-0.05, 0) is 54.7 Å². The molecule has 0 aromatic heterocycles. The molecule has 1 heterocycles. The predicted octanol–water partition coefficient (Wildman–Crippen LogP) is 2.65. The number of nitrogens with one attached hydrogen (secondary N) is 2. The van der Waals surface area contributed by atoms with Crippen molar-refractivity contribution in [2.75, 3.05) is 7.11 Å². The van der Waals surface area contributed by atoms with Gasteiger partial charge in [0, 0.05) is 5.70 Å². The van der Waals surface area contributed by atoms with Gasteiger partial charge in [0.1, 0.15) is 5.75 Å². The van der Waals surface area contributed by atoms with Crippen molar-refractivity contribution in [3.05, 3.63) is 41.1 Å². The van der Waals surface area contributed by atoms with E-state index >= 15 is 0 Å². The van der Waals surface area contributed by atoms with Gasteiger partial charge in [-0.3, -0.25) is 0 Å². The number of hydrogen-bond acceptors (Lipinski definition) is 2. The van der Waals surface area contributed by atoms with Crippen molar-refractivity contribution < 1.29 is 4.74 Å². The average Bonchev–Trinajstić information content (AvgIpc) is 2.86. The van der Waals surface area contributed by atoms with Crippen LogP contribution in [0.25, 0.3) is 0 Å². The summed E-state index contributed by atoms with van der Waals surface area (Å²) in [6, 6.07) is 8.43. The number of ether oxygens (including phenoxy) is 1. The van der Waals surface area contributed by atoms with Crippen LogP contribution in [0.3, 0.4) is 0 Å². The molecule has 1 aliphatic heterocycles. The van der Waals surface area contributed by atoms with Gasteiger partial charge in [0.2, 0.25) is 0 Å². The molecule has 3 rings (SSSR count). The van der Waals surface area contributed by atoms with Crippen LogP contribution in [0.1, 0.15) is 30.9 Å². The highest BCUT2D eigenvalue weighted by Gasteiger charge is 2.29. The smallest absolute Gasteiger partial charge is 0.171 e. The molecular weight excluding hydrogens is 244 g/mol. The van der Waals surface area contributed by atoms with Crippen molar-refractivity contribution in [1.82, 2.24) is 10.6 Å². The maximum absolute atomic E-state index is 5.27. The monoisotopic (exact) mass is 260 g/mol. The molecule has 18 heavy (non-hydrogen) atoms. The number of methoxy groups -OCH3 is 1. The lowest BCUT2D eigenvalue weighted by molar-refractivity contribution is 0.414. The molecular formula is C14H16N2OS. The Bertz CT molecular complexity index is 507. The highest BCUT2D eigenvalue weighted by molar-refractivity contribution is 7.80. The lowest BCUT2D eigenvalue weighted by Gasteiger charge is -2.29. The van der Waals surface area contributed by atoms with Gasteiger partial charge >= 0.3 is 0 Å². The first-order chi connectivity index (χ1) is 8.78.